The summed E-state index contributed by atoms with van der Waals surface area (Å²) in [6.45, 7) is 0. The molecule has 0 atom stereocenters. The molecule has 0 aliphatic carbocycles. The minimum atomic E-state index is -4.78. The van der Waals surface area contributed by atoms with Crippen LogP contribution in [0.4, 0.5) is 17.6 Å². The molecule has 0 N–H and O–H groups in total. The van der Waals surface area contributed by atoms with Crippen LogP contribution in [-0.4, -0.2) is 17.3 Å². The Morgan fingerprint density at radius 3 is 2.50 bits per heavy atom. The number of Topliss-reactive ketones (excluding diaryl/α,β-unsaturated/α-hetero) is 1. The highest BCUT2D eigenvalue weighted by molar-refractivity contribution is 7.99. The molecule has 0 bridgehead atoms. The van der Waals surface area contributed by atoms with Crippen LogP contribution in [0.25, 0.3) is 0 Å². The number of hydrogen-bond acceptors (Lipinski definition) is 2. The molecule has 0 unspecified atom stereocenters. The summed E-state index contributed by atoms with van der Waals surface area (Å²) in [5, 5.41) is 0. The predicted octanol–water partition coefficient (Wildman–Crippen LogP) is 4.56. The molecule has 2 rings (SSSR count). The minimum Gasteiger partial charge on any atom is -0.294 e. The first-order valence-electron chi connectivity index (χ1n) is 6.36. The quantitative estimate of drug-likeness (QED) is 0.601. The number of carbonyl (C=O) groups is 1. The van der Waals surface area contributed by atoms with Gasteiger partial charge in [0.15, 0.2) is 5.78 Å². The van der Waals surface area contributed by atoms with Crippen LogP contribution in [0.5, 0.6) is 0 Å². The van der Waals surface area contributed by atoms with Crippen LogP contribution in [0.2, 0.25) is 0 Å². The Morgan fingerprint density at radius 1 is 1.25 bits per heavy atom. The number of rotatable bonds is 3. The zero-order valence-electron chi connectivity index (χ0n) is 10.7. The van der Waals surface area contributed by atoms with Gasteiger partial charge in [-0.2, -0.15) is 24.9 Å². The lowest BCUT2D eigenvalue weighted by atomic mass is 9.92. The molecule has 110 valence electrons. The van der Waals surface area contributed by atoms with Crippen LogP contribution in [-0.2, 0) is 6.18 Å². The van der Waals surface area contributed by atoms with Gasteiger partial charge in [-0.3, -0.25) is 4.79 Å². The van der Waals surface area contributed by atoms with E-state index in [9.17, 15) is 22.4 Å². The molecule has 6 heteroatoms. The van der Waals surface area contributed by atoms with Gasteiger partial charge in [0.25, 0.3) is 0 Å². The van der Waals surface area contributed by atoms with Crippen molar-refractivity contribution < 1.29 is 22.4 Å². The van der Waals surface area contributed by atoms with Crippen molar-refractivity contribution in [2.24, 2.45) is 5.92 Å². The highest BCUT2D eigenvalue weighted by atomic mass is 32.2. The Kier molecular flexibility index (Phi) is 4.73. The highest BCUT2D eigenvalue weighted by Crippen LogP contribution is 2.33. The molecule has 1 aromatic carbocycles. The molecule has 0 aromatic heterocycles. The van der Waals surface area contributed by atoms with Gasteiger partial charge in [-0.25, -0.2) is 4.39 Å². The van der Waals surface area contributed by atoms with E-state index in [4.69, 9.17) is 0 Å². The van der Waals surface area contributed by atoms with Gasteiger partial charge in [-0.05, 0) is 42.4 Å². The van der Waals surface area contributed by atoms with E-state index < -0.39 is 28.9 Å². The minimum absolute atomic E-state index is 0.124. The normalized spacial score (nSPS) is 17.2. The first kappa shape index (κ1) is 15.4. The Labute approximate surface area is 118 Å². The molecule has 0 saturated carbocycles. The molecule has 0 spiro atoms. The number of halogens is 4. The van der Waals surface area contributed by atoms with Crippen LogP contribution < -0.4 is 0 Å². The van der Waals surface area contributed by atoms with Crippen LogP contribution in [0, 0.1) is 11.7 Å². The molecule has 1 fully saturated rings. The molecule has 1 saturated heterocycles. The number of ketones is 1. The molecule has 1 aliphatic rings. The Hall–Kier alpha value is -1.04. The van der Waals surface area contributed by atoms with E-state index in [2.05, 4.69) is 0 Å². The SMILES string of the molecule is O=C(CC1CCSCC1)c1cccc(C(F)(F)F)c1F. The zero-order chi connectivity index (χ0) is 14.8. The third kappa shape index (κ3) is 3.53. The van der Waals surface area contributed by atoms with Gasteiger partial charge in [0, 0.05) is 6.42 Å². The third-order valence-electron chi connectivity index (χ3n) is 3.42. The zero-order valence-corrected chi connectivity index (χ0v) is 11.5. The Bertz CT molecular complexity index is 492. The summed E-state index contributed by atoms with van der Waals surface area (Å²) < 4.78 is 51.6. The first-order chi connectivity index (χ1) is 9.39. The molecular formula is C14H14F4OS. The average Bonchev–Trinajstić information content (AvgIpc) is 2.38. The standard InChI is InChI=1S/C14H14F4OS/c15-13-10(2-1-3-11(13)14(16,17)18)12(19)8-9-4-6-20-7-5-9/h1-3,9H,4-8H2. The summed E-state index contributed by atoms with van der Waals surface area (Å²) >= 11 is 1.80. The second-order valence-corrected chi connectivity index (χ2v) is 6.07. The van der Waals surface area contributed by atoms with Gasteiger partial charge in [-0.1, -0.05) is 6.07 Å². The second-order valence-electron chi connectivity index (χ2n) is 4.85. The monoisotopic (exact) mass is 306 g/mol. The number of carbonyl (C=O) groups excluding carboxylic acids is 1. The molecule has 1 aromatic rings. The van der Waals surface area contributed by atoms with Crippen molar-refractivity contribution >= 4 is 17.5 Å². The first-order valence-corrected chi connectivity index (χ1v) is 7.51. The number of alkyl halides is 3. The summed E-state index contributed by atoms with van der Waals surface area (Å²) in [7, 11) is 0. The molecular weight excluding hydrogens is 292 g/mol. The molecule has 1 aliphatic heterocycles. The molecule has 0 radical (unpaired) electrons. The smallest absolute Gasteiger partial charge is 0.294 e. The van der Waals surface area contributed by atoms with Crippen molar-refractivity contribution in [3.63, 3.8) is 0 Å². The maximum atomic E-state index is 13.8. The lowest BCUT2D eigenvalue weighted by Gasteiger charge is -2.20. The van der Waals surface area contributed by atoms with Crippen molar-refractivity contribution in [1.29, 1.82) is 0 Å². The van der Waals surface area contributed by atoms with Crippen molar-refractivity contribution in [2.45, 2.75) is 25.4 Å². The highest BCUT2D eigenvalue weighted by Gasteiger charge is 2.35. The lowest BCUT2D eigenvalue weighted by molar-refractivity contribution is -0.140. The van der Waals surface area contributed by atoms with Gasteiger partial charge in [0.1, 0.15) is 5.82 Å². The van der Waals surface area contributed by atoms with E-state index in [-0.39, 0.29) is 12.3 Å². The number of thioether (sulfide) groups is 1. The van der Waals surface area contributed by atoms with Crippen LogP contribution in [0.1, 0.15) is 35.2 Å². The molecule has 1 heterocycles. The fourth-order valence-electron chi connectivity index (χ4n) is 2.29. The number of benzene rings is 1. The Morgan fingerprint density at radius 2 is 1.90 bits per heavy atom. The van der Waals surface area contributed by atoms with Crippen molar-refractivity contribution in [3.05, 3.63) is 35.1 Å². The summed E-state index contributed by atoms with van der Waals surface area (Å²) in [5.74, 6) is 0.0600. The van der Waals surface area contributed by atoms with E-state index in [1.807, 2.05) is 0 Å². The molecule has 1 nitrogen and oxygen atoms in total. The average molecular weight is 306 g/mol. The topological polar surface area (TPSA) is 17.1 Å². The van der Waals surface area contributed by atoms with Crippen molar-refractivity contribution in [3.8, 4) is 0 Å². The second kappa shape index (κ2) is 6.16. The van der Waals surface area contributed by atoms with Crippen LogP contribution in [0.3, 0.4) is 0 Å². The maximum Gasteiger partial charge on any atom is 0.419 e. The van der Waals surface area contributed by atoms with Crippen molar-refractivity contribution in [2.75, 3.05) is 11.5 Å². The maximum absolute atomic E-state index is 13.8. The Balaban J connectivity index is 2.17. The largest absolute Gasteiger partial charge is 0.419 e. The van der Waals surface area contributed by atoms with Gasteiger partial charge >= 0.3 is 6.18 Å². The molecule has 0 amide bonds. The predicted molar refractivity (Wildman–Crippen MR) is 70.4 cm³/mol. The fourth-order valence-corrected chi connectivity index (χ4v) is 3.49. The third-order valence-corrected chi connectivity index (χ3v) is 4.47. The summed E-state index contributed by atoms with van der Waals surface area (Å²) in [6.07, 6.45) is -2.94. The lowest BCUT2D eigenvalue weighted by Crippen LogP contribution is -2.17. The van der Waals surface area contributed by atoms with E-state index in [0.29, 0.717) is 6.07 Å². The molecule has 20 heavy (non-hydrogen) atoms. The van der Waals surface area contributed by atoms with Gasteiger partial charge < -0.3 is 0 Å². The van der Waals surface area contributed by atoms with E-state index >= 15 is 0 Å². The van der Waals surface area contributed by atoms with E-state index in [1.165, 1.54) is 0 Å². The van der Waals surface area contributed by atoms with Gasteiger partial charge in [-0.15, -0.1) is 0 Å². The summed E-state index contributed by atoms with van der Waals surface area (Å²) in [6, 6.07) is 2.86. The van der Waals surface area contributed by atoms with E-state index in [0.717, 1.165) is 36.5 Å². The van der Waals surface area contributed by atoms with E-state index in [1.54, 1.807) is 11.8 Å². The van der Waals surface area contributed by atoms with Gasteiger partial charge in [0.05, 0.1) is 11.1 Å². The van der Waals surface area contributed by atoms with Crippen LogP contribution >= 0.6 is 11.8 Å². The van der Waals surface area contributed by atoms with Crippen LogP contribution in [0.15, 0.2) is 18.2 Å². The summed E-state index contributed by atoms with van der Waals surface area (Å²) in [4.78, 5) is 12.0. The summed E-state index contributed by atoms with van der Waals surface area (Å²) in [5.41, 5.74) is -1.82. The van der Waals surface area contributed by atoms with Gasteiger partial charge in [0.2, 0.25) is 0 Å². The van der Waals surface area contributed by atoms with Crippen molar-refractivity contribution in [1.82, 2.24) is 0 Å². The fraction of sp³-hybridized carbons (Fsp3) is 0.500. The number of hydrogen-bond donors (Lipinski definition) is 0.